The van der Waals surface area contributed by atoms with Crippen molar-refractivity contribution >= 4 is 31.5 Å². The number of benzene rings is 2. The number of thiophene rings is 1. The van der Waals surface area contributed by atoms with Crippen LogP contribution in [0.2, 0.25) is 0 Å². The molecule has 0 spiro atoms. The maximum Gasteiger partial charge on any atom is 0.0393 e. The molecule has 0 saturated carbocycles. The van der Waals surface area contributed by atoms with E-state index >= 15 is 0 Å². The van der Waals surface area contributed by atoms with Gasteiger partial charge in [0.2, 0.25) is 0 Å². The second-order valence-electron chi connectivity index (χ2n) is 5.47. The first-order chi connectivity index (χ1) is 9.83. The molecule has 1 aliphatic rings. The van der Waals surface area contributed by atoms with Crippen LogP contribution in [0.5, 0.6) is 0 Å². The highest BCUT2D eigenvalue weighted by molar-refractivity contribution is 7.26. The molecule has 1 heterocycles. The van der Waals surface area contributed by atoms with E-state index in [1.54, 1.807) is 0 Å². The molecule has 4 rings (SSSR count). The zero-order valence-corrected chi connectivity index (χ0v) is 12.3. The van der Waals surface area contributed by atoms with E-state index < -0.39 is 0 Å². The molecule has 0 aliphatic heterocycles. The SMILES string of the molecule is CC1=CCC(c2cccc3c2sc2ccccc23)C=C1. The summed E-state index contributed by atoms with van der Waals surface area (Å²) < 4.78 is 2.85. The zero-order chi connectivity index (χ0) is 13.5. The van der Waals surface area contributed by atoms with E-state index in [1.807, 2.05) is 11.3 Å². The molecule has 2 aromatic carbocycles. The molecular weight excluding hydrogens is 260 g/mol. The van der Waals surface area contributed by atoms with Gasteiger partial charge in [-0.3, -0.25) is 0 Å². The van der Waals surface area contributed by atoms with Gasteiger partial charge in [-0.15, -0.1) is 11.3 Å². The first kappa shape index (κ1) is 11.9. The molecule has 0 N–H and O–H groups in total. The third kappa shape index (κ3) is 1.82. The van der Waals surface area contributed by atoms with Gasteiger partial charge in [0.05, 0.1) is 0 Å². The Balaban J connectivity index is 1.94. The average molecular weight is 276 g/mol. The summed E-state index contributed by atoms with van der Waals surface area (Å²) in [6.45, 7) is 2.17. The molecule has 0 nitrogen and oxygen atoms in total. The fourth-order valence-corrected chi connectivity index (χ4v) is 4.30. The summed E-state index contributed by atoms with van der Waals surface area (Å²) in [6, 6.07) is 15.5. The Kier molecular flexibility index (Phi) is 2.75. The van der Waals surface area contributed by atoms with Crippen LogP contribution in [0.15, 0.2) is 66.3 Å². The second-order valence-corrected chi connectivity index (χ2v) is 6.52. The van der Waals surface area contributed by atoms with Gasteiger partial charge < -0.3 is 0 Å². The molecule has 20 heavy (non-hydrogen) atoms. The van der Waals surface area contributed by atoms with Crippen LogP contribution < -0.4 is 0 Å². The third-order valence-electron chi connectivity index (χ3n) is 4.12. The van der Waals surface area contributed by atoms with E-state index in [9.17, 15) is 0 Å². The smallest absolute Gasteiger partial charge is 0.0393 e. The van der Waals surface area contributed by atoms with Crippen molar-refractivity contribution in [2.75, 3.05) is 0 Å². The van der Waals surface area contributed by atoms with Gasteiger partial charge >= 0.3 is 0 Å². The topological polar surface area (TPSA) is 0 Å². The average Bonchev–Trinajstić information content (AvgIpc) is 2.87. The van der Waals surface area contributed by atoms with Crippen LogP contribution >= 0.6 is 11.3 Å². The van der Waals surface area contributed by atoms with Crippen LogP contribution in [0.25, 0.3) is 20.2 Å². The van der Waals surface area contributed by atoms with Gasteiger partial charge in [0.25, 0.3) is 0 Å². The summed E-state index contributed by atoms with van der Waals surface area (Å²) in [5, 5.41) is 2.80. The molecule has 0 fully saturated rings. The van der Waals surface area contributed by atoms with Crippen LogP contribution in [-0.2, 0) is 0 Å². The van der Waals surface area contributed by atoms with Crippen molar-refractivity contribution in [1.29, 1.82) is 0 Å². The van der Waals surface area contributed by atoms with Gasteiger partial charge in [-0.2, -0.15) is 0 Å². The van der Waals surface area contributed by atoms with Crippen molar-refractivity contribution in [1.82, 2.24) is 0 Å². The van der Waals surface area contributed by atoms with Crippen LogP contribution in [0.3, 0.4) is 0 Å². The minimum absolute atomic E-state index is 0.524. The van der Waals surface area contributed by atoms with Crippen molar-refractivity contribution in [3.8, 4) is 0 Å². The monoisotopic (exact) mass is 276 g/mol. The highest BCUT2D eigenvalue weighted by Gasteiger charge is 2.15. The van der Waals surface area contributed by atoms with Gasteiger partial charge in [0.1, 0.15) is 0 Å². The Labute approximate surface area is 123 Å². The van der Waals surface area contributed by atoms with Gasteiger partial charge in [-0.25, -0.2) is 0 Å². The quantitative estimate of drug-likeness (QED) is 0.508. The van der Waals surface area contributed by atoms with E-state index in [1.165, 1.54) is 31.3 Å². The molecule has 0 bridgehead atoms. The lowest BCUT2D eigenvalue weighted by molar-refractivity contribution is 0.854. The summed E-state index contributed by atoms with van der Waals surface area (Å²) in [6.07, 6.45) is 8.07. The van der Waals surface area contributed by atoms with Crippen LogP contribution in [0.4, 0.5) is 0 Å². The standard InChI is InChI=1S/C19H16S/c1-13-9-11-14(12-10-13)15-6-4-7-17-16-5-2-3-8-18(16)20-19(15)17/h2-11,14H,12H2,1H3. The van der Waals surface area contributed by atoms with E-state index in [0.717, 1.165) is 6.42 Å². The summed E-state index contributed by atoms with van der Waals surface area (Å²) in [5.74, 6) is 0.524. The van der Waals surface area contributed by atoms with E-state index in [2.05, 4.69) is 67.6 Å². The van der Waals surface area contributed by atoms with Crippen LogP contribution in [0.1, 0.15) is 24.8 Å². The summed E-state index contributed by atoms with van der Waals surface area (Å²) in [7, 11) is 0. The number of fused-ring (bicyclic) bond motifs is 3. The van der Waals surface area contributed by atoms with Gasteiger partial charge in [0, 0.05) is 26.1 Å². The van der Waals surface area contributed by atoms with E-state index in [4.69, 9.17) is 0 Å². The normalized spacial score (nSPS) is 18.6. The maximum atomic E-state index is 2.36. The van der Waals surface area contributed by atoms with Gasteiger partial charge in [-0.1, -0.05) is 60.2 Å². The third-order valence-corrected chi connectivity index (χ3v) is 5.36. The summed E-state index contributed by atoms with van der Waals surface area (Å²) in [4.78, 5) is 0. The molecule has 0 radical (unpaired) electrons. The fourth-order valence-electron chi connectivity index (χ4n) is 3.02. The van der Waals surface area contributed by atoms with Crippen molar-refractivity contribution in [3.05, 3.63) is 71.8 Å². The molecule has 1 unspecified atom stereocenters. The number of rotatable bonds is 1. The maximum absolute atomic E-state index is 2.36. The Morgan fingerprint density at radius 1 is 1.00 bits per heavy atom. The molecule has 0 saturated heterocycles. The summed E-state index contributed by atoms with van der Waals surface area (Å²) >= 11 is 1.93. The largest absolute Gasteiger partial charge is 0.135 e. The Morgan fingerprint density at radius 2 is 1.85 bits per heavy atom. The highest BCUT2D eigenvalue weighted by atomic mass is 32.1. The Hall–Kier alpha value is -1.86. The number of allylic oxidation sites excluding steroid dienone is 4. The molecule has 98 valence electrons. The lowest BCUT2D eigenvalue weighted by Crippen LogP contribution is -1.97. The van der Waals surface area contributed by atoms with Crippen molar-refractivity contribution < 1.29 is 0 Å². The predicted octanol–water partition coefficient (Wildman–Crippen LogP) is 6.04. The minimum atomic E-state index is 0.524. The Bertz CT molecular complexity index is 848. The van der Waals surface area contributed by atoms with Gasteiger partial charge in [0.15, 0.2) is 0 Å². The minimum Gasteiger partial charge on any atom is -0.135 e. The first-order valence-electron chi connectivity index (χ1n) is 7.08. The predicted molar refractivity (Wildman–Crippen MR) is 89.6 cm³/mol. The van der Waals surface area contributed by atoms with Crippen LogP contribution in [0, 0.1) is 0 Å². The van der Waals surface area contributed by atoms with Crippen LogP contribution in [-0.4, -0.2) is 0 Å². The van der Waals surface area contributed by atoms with Crippen molar-refractivity contribution in [3.63, 3.8) is 0 Å². The zero-order valence-electron chi connectivity index (χ0n) is 11.5. The second kappa shape index (κ2) is 4.60. The van der Waals surface area contributed by atoms with E-state index in [0.29, 0.717) is 5.92 Å². The molecule has 1 aromatic heterocycles. The lowest BCUT2D eigenvalue weighted by Gasteiger charge is -2.16. The van der Waals surface area contributed by atoms with E-state index in [-0.39, 0.29) is 0 Å². The highest BCUT2D eigenvalue weighted by Crippen LogP contribution is 2.40. The number of hydrogen-bond acceptors (Lipinski definition) is 1. The molecule has 3 aromatic rings. The molecule has 1 heteroatoms. The molecule has 0 amide bonds. The lowest BCUT2D eigenvalue weighted by atomic mass is 9.90. The molecular formula is C19H16S. The van der Waals surface area contributed by atoms with Crippen molar-refractivity contribution in [2.24, 2.45) is 0 Å². The summed E-state index contributed by atoms with van der Waals surface area (Å²) in [5.41, 5.74) is 2.86. The number of hydrogen-bond donors (Lipinski definition) is 0. The van der Waals surface area contributed by atoms with Crippen molar-refractivity contribution in [2.45, 2.75) is 19.3 Å². The van der Waals surface area contributed by atoms with Gasteiger partial charge in [-0.05, 0) is 25.0 Å². The fraction of sp³-hybridized carbons (Fsp3) is 0.158. The molecule has 1 atom stereocenters. The molecule has 1 aliphatic carbocycles. The Morgan fingerprint density at radius 3 is 2.70 bits per heavy atom. The first-order valence-corrected chi connectivity index (χ1v) is 7.90.